The number of H-pyrrole nitrogens is 2. The Kier molecular flexibility index (Phi) is 3.76. The number of nitrogens with one attached hydrogen (secondary N) is 2. The van der Waals surface area contributed by atoms with E-state index in [1.165, 1.54) is 21.9 Å². The highest BCUT2D eigenvalue weighted by atomic mass is 16.4. The molecule has 3 aromatic carbocycles. The Hall–Kier alpha value is -3.79. The van der Waals surface area contributed by atoms with Gasteiger partial charge in [-0.25, -0.2) is 4.79 Å². The zero-order chi connectivity index (χ0) is 19.1. The van der Waals surface area contributed by atoms with Gasteiger partial charge in [-0.2, -0.15) is 0 Å². The van der Waals surface area contributed by atoms with Gasteiger partial charge in [-0.05, 0) is 41.0 Å². The van der Waals surface area contributed by atoms with Gasteiger partial charge in [0.1, 0.15) is 0 Å². The SMILES string of the molecule is O=C(O)c1ccc(C(c2c[nH]c3ccccc23)c2c[nH]c3ccccc23)cc1. The van der Waals surface area contributed by atoms with Crippen LogP contribution in [-0.2, 0) is 0 Å². The molecule has 28 heavy (non-hydrogen) atoms. The van der Waals surface area contributed by atoms with E-state index < -0.39 is 5.97 Å². The van der Waals surface area contributed by atoms with Crippen LogP contribution in [0.25, 0.3) is 21.8 Å². The maximum absolute atomic E-state index is 11.3. The Morgan fingerprint density at radius 2 is 1.21 bits per heavy atom. The third-order valence-corrected chi connectivity index (χ3v) is 5.36. The molecule has 0 radical (unpaired) electrons. The van der Waals surface area contributed by atoms with E-state index in [1.54, 1.807) is 12.1 Å². The number of benzene rings is 3. The molecule has 0 saturated heterocycles. The zero-order valence-electron chi connectivity index (χ0n) is 15.0. The van der Waals surface area contributed by atoms with Crippen LogP contribution >= 0.6 is 0 Å². The Morgan fingerprint density at radius 1 is 0.714 bits per heavy atom. The van der Waals surface area contributed by atoms with E-state index in [9.17, 15) is 9.90 Å². The fourth-order valence-electron chi connectivity index (χ4n) is 4.01. The lowest BCUT2D eigenvalue weighted by atomic mass is 9.84. The van der Waals surface area contributed by atoms with E-state index in [4.69, 9.17) is 0 Å². The average molecular weight is 366 g/mol. The number of aromatic carboxylic acids is 1. The summed E-state index contributed by atoms with van der Waals surface area (Å²) in [5.41, 5.74) is 5.86. The minimum absolute atomic E-state index is 0.0184. The molecule has 2 aromatic heterocycles. The van der Waals surface area contributed by atoms with Gasteiger partial charge >= 0.3 is 5.97 Å². The second-order valence-corrected chi connectivity index (χ2v) is 6.94. The van der Waals surface area contributed by atoms with Gasteiger partial charge in [-0.1, -0.05) is 48.5 Å². The van der Waals surface area contributed by atoms with Gasteiger partial charge in [0.2, 0.25) is 0 Å². The van der Waals surface area contributed by atoms with Crippen molar-refractivity contribution >= 4 is 27.8 Å². The van der Waals surface area contributed by atoms with Crippen molar-refractivity contribution in [3.05, 3.63) is 107 Å². The van der Waals surface area contributed by atoms with Crippen LogP contribution in [0.1, 0.15) is 33.0 Å². The van der Waals surface area contributed by atoms with E-state index in [0.29, 0.717) is 5.56 Å². The summed E-state index contributed by atoms with van der Waals surface area (Å²) in [6, 6.07) is 23.7. The molecule has 3 N–H and O–H groups in total. The first-order valence-corrected chi connectivity index (χ1v) is 9.17. The Balaban J connectivity index is 1.76. The van der Waals surface area contributed by atoms with Gasteiger partial charge in [0.05, 0.1) is 5.56 Å². The van der Waals surface area contributed by atoms with Crippen molar-refractivity contribution in [1.29, 1.82) is 0 Å². The van der Waals surface area contributed by atoms with Crippen LogP contribution in [0.2, 0.25) is 0 Å². The monoisotopic (exact) mass is 366 g/mol. The highest BCUT2D eigenvalue weighted by molar-refractivity contribution is 5.90. The molecule has 5 rings (SSSR count). The number of rotatable bonds is 4. The predicted molar refractivity (Wildman–Crippen MR) is 111 cm³/mol. The topological polar surface area (TPSA) is 68.9 Å². The maximum Gasteiger partial charge on any atom is 0.335 e. The van der Waals surface area contributed by atoms with Gasteiger partial charge in [0.25, 0.3) is 0 Å². The number of carbonyl (C=O) groups is 1. The summed E-state index contributed by atoms with van der Waals surface area (Å²) in [5.74, 6) is -0.933. The number of para-hydroxylation sites is 2. The molecule has 0 aliphatic rings. The molecule has 0 spiro atoms. The van der Waals surface area contributed by atoms with Crippen molar-refractivity contribution in [2.45, 2.75) is 5.92 Å². The van der Waals surface area contributed by atoms with Gasteiger partial charge in [-0.3, -0.25) is 0 Å². The van der Waals surface area contributed by atoms with Crippen molar-refractivity contribution in [2.75, 3.05) is 0 Å². The zero-order valence-corrected chi connectivity index (χ0v) is 15.0. The molecule has 0 amide bonds. The van der Waals surface area contributed by atoms with Gasteiger partial charge in [0, 0.05) is 40.1 Å². The summed E-state index contributed by atoms with van der Waals surface area (Å²) in [7, 11) is 0. The number of hydrogen-bond acceptors (Lipinski definition) is 1. The first-order chi connectivity index (χ1) is 13.7. The summed E-state index contributed by atoms with van der Waals surface area (Å²) < 4.78 is 0. The van der Waals surface area contributed by atoms with E-state index >= 15 is 0 Å². The Morgan fingerprint density at radius 3 is 1.71 bits per heavy atom. The van der Waals surface area contributed by atoms with Crippen LogP contribution in [0.3, 0.4) is 0 Å². The molecule has 0 bridgehead atoms. The van der Waals surface area contributed by atoms with Crippen molar-refractivity contribution in [3.63, 3.8) is 0 Å². The second-order valence-electron chi connectivity index (χ2n) is 6.94. The van der Waals surface area contributed by atoms with Crippen molar-refractivity contribution in [3.8, 4) is 0 Å². The van der Waals surface area contributed by atoms with Crippen LogP contribution in [0, 0.1) is 0 Å². The van der Waals surface area contributed by atoms with Gasteiger partial charge in [-0.15, -0.1) is 0 Å². The molecular formula is C24H18N2O2. The van der Waals surface area contributed by atoms with Gasteiger partial charge < -0.3 is 15.1 Å². The number of aromatic amines is 2. The first-order valence-electron chi connectivity index (χ1n) is 9.17. The lowest BCUT2D eigenvalue weighted by molar-refractivity contribution is 0.0697. The molecule has 4 nitrogen and oxygen atoms in total. The first kappa shape index (κ1) is 16.4. The number of hydrogen-bond donors (Lipinski definition) is 3. The number of carboxylic acids is 1. The third-order valence-electron chi connectivity index (χ3n) is 5.36. The standard InChI is InChI=1S/C24H18N2O2/c27-24(28)16-11-9-15(10-12-16)23(19-13-25-21-7-3-1-5-17(19)21)20-14-26-22-8-4-2-6-18(20)22/h1-14,23,25-26H,(H,27,28). The van der Waals surface area contributed by atoms with Crippen LogP contribution in [0.5, 0.6) is 0 Å². The molecule has 0 saturated carbocycles. The highest BCUT2D eigenvalue weighted by Gasteiger charge is 2.23. The number of fused-ring (bicyclic) bond motifs is 2. The average Bonchev–Trinajstić information content (AvgIpc) is 3.34. The predicted octanol–water partition coefficient (Wildman–Crippen LogP) is 5.53. The molecule has 0 fully saturated rings. The van der Waals surface area contributed by atoms with Crippen LogP contribution < -0.4 is 0 Å². The second kappa shape index (κ2) is 6.43. The lowest BCUT2D eigenvalue weighted by Gasteiger charge is -2.17. The maximum atomic E-state index is 11.3. The largest absolute Gasteiger partial charge is 0.478 e. The van der Waals surface area contributed by atoms with E-state index in [-0.39, 0.29) is 5.92 Å². The summed E-state index contributed by atoms with van der Waals surface area (Å²) in [4.78, 5) is 18.0. The molecule has 0 aliphatic carbocycles. The molecule has 2 heterocycles. The fraction of sp³-hybridized carbons (Fsp3) is 0.0417. The van der Waals surface area contributed by atoms with E-state index in [2.05, 4.69) is 46.6 Å². The molecule has 0 aliphatic heterocycles. The molecule has 136 valence electrons. The summed E-state index contributed by atoms with van der Waals surface area (Å²) in [5, 5.41) is 11.6. The molecular weight excluding hydrogens is 348 g/mol. The molecule has 4 heteroatoms. The van der Waals surface area contributed by atoms with E-state index in [0.717, 1.165) is 16.6 Å². The highest BCUT2D eigenvalue weighted by Crippen LogP contribution is 2.39. The number of carboxylic acid groups (broad SMARTS) is 1. The minimum Gasteiger partial charge on any atom is -0.478 e. The Bertz CT molecular complexity index is 1220. The lowest BCUT2D eigenvalue weighted by Crippen LogP contribution is -2.04. The molecule has 0 atom stereocenters. The van der Waals surface area contributed by atoms with Gasteiger partial charge in [0.15, 0.2) is 0 Å². The van der Waals surface area contributed by atoms with Crippen molar-refractivity contribution in [1.82, 2.24) is 9.97 Å². The van der Waals surface area contributed by atoms with Crippen LogP contribution in [0.15, 0.2) is 85.2 Å². The quantitative estimate of drug-likeness (QED) is 0.391. The molecule has 0 unspecified atom stereocenters. The Labute approximate surface area is 161 Å². The van der Waals surface area contributed by atoms with E-state index in [1.807, 2.05) is 36.4 Å². The van der Waals surface area contributed by atoms with Crippen LogP contribution in [0.4, 0.5) is 0 Å². The van der Waals surface area contributed by atoms with Crippen molar-refractivity contribution < 1.29 is 9.90 Å². The number of aromatic nitrogens is 2. The fourth-order valence-corrected chi connectivity index (χ4v) is 4.01. The minimum atomic E-state index is -0.915. The summed E-state index contributed by atoms with van der Waals surface area (Å²) in [6.45, 7) is 0. The summed E-state index contributed by atoms with van der Waals surface area (Å²) in [6.07, 6.45) is 4.12. The summed E-state index contributed by atoms with van der Waals surface area (Å²) >= 11 is 0. The van der Waals surface area contributed by atoms with Crippen LogP contribution in [-0.4, -0.2) is 21.0 Å². The third kappa shape index (κ3) is 2.58. The van der Waals surface area contributed by atoms with Crippen molar-refractivity contribution in [2.24, 2.45) is 0 Å². The smallest absolute Gasteiger partial charge is 0.335 e. The molecule has 5 aromatic rings. The normalized spacial score (nSPS) is 11.5.